The minimum Gasteiger partial charge on any atom is -0.473 e. The molecule has 1 aromatic heterocycles. The van der Waals surface area contributed by atoms with Crippen molar-refractivity contribution in [3.63, 3.8) is 0 Å². The Kier molecular flexibility index (Phi) is 4.99. The third kappa shape index (κ3) is 4.60. The van der Waals surface area contributed by atoms with Crippen LogP contribution in [0.15, 0.2) is 66.9 Å². The van der Waals surface area contributed by atoms with Crippen LogP contribution in [0, 0.1) is 11.6 Å². The number of halogens is 2. The third-order valence-electron chi connectivity index (χ3n) is 3.38. The van der Waals surface area contributed by atoms with Crippen LogP contribution in [0.25, 0.3) is 0 Å². The molecule has 2 aromatic carbocycles. The Morgan fingerprint density at radius 3 is 2.48 bits per heavy atom. The lowest BCUT2D eigenvalue weighted by Crippen LogP contribution is -2.12. The predicted molar refractivity (Wildman–Crippen MR) is 89.3 cm³/mol. The van der Waals surface area contributed by atoms with Crippen molar-refractivity contribution in [1.29, 1.82) is 0 Å². The zero-order chi connectivity index (χ0) is 17.6. The highest BCUT2D eigenvalue weighted by atomic mass is 19.1. The minimum absolute atomic E-state index is 0.173. The van der Waals surface area contributed by atoms with Crippen LogP contribution in [-0.4, -0.2) is 10.9 Å². The zero-order valence-electron chi connectivity index (χ0n) is 13.1. The Morgan fingerprint density at radius 2 is 1.80 bits per heavy atom. The molecule has 126 valence electrons. The highest BCUT2D eigenvalue weighted by Gasteiger charge is 2.07. The molecule has 1 heterocycles. The molecule has 0 saturated heterocycles. The van der Waals surface area contributed by atoms with Crippen molar-refractivity contribution in [2.45, 2.75) is 6.61 Å². The Labute approximate surface area is 143 Å². The van der Waals surface area contributed by atoms with Gasteiger partial charge >= 0.3 is 0 Å². The molecule has 0 aliphatic rings. The summed E-state index contributed by atoms with van der Waals surface area (Å²) in [6, 6.07) is 14.7. The van der Waals surface area contributed by atoms with Crippen LogP contribution in [0.1, 0.15) is 15.9 Å². The van der Waals surface area contributed by atoms with E-state index in [0.717, 1.165) is 0 Å². The van der Waals surface area contributed by atoms with Gasteiger partial charge in [0.1, 0.15) is 18.2 Å². The standard InChI is InChI=1S/C19H14F2N2O2/c20-15-5-7-17(8-6-15)23-19(24)14-4-9-18(22-11-14)25-12-13-2-1-3-16(21)10-13/h1-11H,12H2,(H,23,24). The van der Waals surface area contributed by atoms with E-state index < -0.39 is 0 Å². The van der Waals surface area contributed by atoms with Crippen molar-refractivity contribution < 1.29 is 18.3 Å². The van der Waals surface area contributed by atoms with Gasteiger partial charge in [0.2, 0.25) is 5.88 Å². The maximum absolute atomic E-state index is 13.1. The molecule has 0 spiro atoms. The summed E-state index contributed by atoms with van der Waals surface area (Å²) in [7, 11) is 0. The summed E-state index contributed by atoms with van der Waals surface area (Å²) in [5, 5.41) is 2.64. The van der Waals surface area contributed by atoms with Crippen LogP contribution < -0.4 is 10.1 Å². The SMILES string of the molecule is O=C(Nc1ccc(F)cc1)c1ccc(OCc2cccc(F)c2)nc1. The monoisotopic (exact) mass is 340 g/mol. The molecule has 0 radical (unpaired) electrons. The summed E-state index contributed by atoms with van der Waals surface area (Å²) >= 11 is 0. The van der Waals surface area contributed by atoms with Crippen LogP contribution in [-0.2, 0) is 6.61 Å². The zero-order valence-corrected chi connectivity index (χ0v) is 13.1. The second-order valence-corrected chi connectivity index (χ2v) is 5.26. The van der Waals surface area contributed by atoms with Gasteiger partial charge in [-0.2, -0.15) is 0 Å². The summed E-state index contributed by atoms with van der Waals surface area (Å²) in [5.74, 6) is -0.750. The van der Waals surface area contributed by atoms with Crippen molar-refractivity contribution >= 4 is 11.6 Å². The third-order valence-corrected chi connectivity index (χ3v) is 3.38. The number of nitrogens with one attached hydrogen (secondary N) is 1. The fourth-order valence-electron chi connectivity index (χ4n) is 2.12. The van der Waals surface area contributed by atoms with Crippen molar-refractivity contribution in [2.24, 2.45) is 0 Å². The molecular formula is C19H14F2N2O2. The second-order valence-electron chi connectivity index (χ2n) is 5.26. The molecule has 0 unspecified atom stereocenters. The van der Waals surface area contributed by atoms with E-state index in [-0.39, 0.29) is 24.1 Å². The van der Waals surface area contributed by atoms with E-state index >= 15 is 0 Å². The number of amides is 1. The molecular weight excluding hydrogens is 326 g/mol. The van der Waals surface area contributed by atoms with Gasteiger partial charge < -0.3 is 10.1 Å². The second kappa shape index (κ2) is 7.53. The van der Waals surface area contributed by atoms with Crippen LogP contribution in [0.2, 0.25) is 0 Å². The molecule has 3 rings (SSSR count). The van der Waals surface area contributed by atoms with Gasteiger partial charge in [0.05, 0.1) is 5.56 Å². The maximum atomic E-state index is 13.1. The number of anilines is 1. The van der Waals surface area contributed by atoms with Gasteiger partial charge in [-0.25, -0.2) is 13.8 Å². The number of pyridine rings is 1. The first kappa shape index (κ1) is 16.6. The van der Waals surface area contributed by atoms with E-state index in [2.05, 4.69) is 10.3 Å². The smallest absolute Gasteiger partial charge is 0.257 e. The minimum atomic E-state index is -0.375. The van der Waals surface area contributed by atoms with Gasteiger partial charge in [-0.05, 0) is 48.0 Å². The molecule has 6 heteroatoms. The van der Waals surface area contributed by atoms with E-state index in [4.69, 9.17) is 4.74 Å². The largest absolute Gasteiger partial charge is 0.473 e. The van der Waals surface area contributed by atoms with Crippen LogP contribution in [0.3, 0.4) is 0 Å². The number of benzene rings is 2. The molecule has 0 atom stereocenters. The van der Waals surface area contributed by atoms with E-state index in [0.29, 0.717) is 22.7 Å². The molecule has 1 N–H and O–H groups in total. The number of carbonyl (C=O) groups excluding carboxylic acids is 1. The highest BCUT2D eigenvalue weighted by Crippen LogP contribution is 2.14. The number of hydrogen-bond donors (Lipinski definition) is 1. The first-order valence-electron chi connectivity index (χ1n) is 7.50. The lowest BCUT2D eigenvalue weighted by Gasteiger charge is -2.07. The Morgan fingerprint density at radius 1 is 1.00 bits per heavy atom. The van der Waals surface area contributed by atoms with Gasteiger partial charge in [-0.3, -0.25) is 4.79 Å². The number of rotatable bonds is 5. The maximum Gasteiger partial charge on any atom is 0.257 e. The highest BCUT2D eigenvalue weighted by molar-refractivity contribution is 6.04. The molecule has 3 aromatic rings. The Hall–Kier alpha value is -3.28. The quantitative estimate of drug-likeness (QED) is 0.758. The van der Waals surface area contributed by atoms with Crippen LogP contribution in [0.4, 0.5) is 14.5 Å². The first-order chi connectivity index (χ1) is 12.1. The molecule has 1 amide bonds. The van der Waals surface area contributed by atoms with Gasteiger partial charge in [-0.15, -0.1) is 0 Å². The van der Waals surface area contributed by atoms with Gasteiger partial charge in [0.15, 0.2) is 0 Å². The van der Waals surface area contributed by atoms with Gasteiger partial charge in [0, 0.05) is 18.0 Å². The molecule has 0 fully saturated rings. The Balaban J connectivity index is 1.59. The number of nitrogens with zero attached hydrogens (tertiary/aromatic N) is 1. The Bertz CT molecular complexity index is 865. The van der Waals surface area contributed by atoms with E-state index in [1.165, 1.54) is 42.6 Å². The molecule has 0 aliphatic heterocycles. The van der Waals surface area contributed by atoms with Gasteiger partial charge in [-0.1, -0.05) is 12.1 Å². The fraction of sp³-hybridized carbons (Fsp3) is 0.0526. The summed E-state index contributed by atoms with van der Waals surface area (Å²) in [6.07, 6.45) is 1.37. The number of aromatic nitrogens is 1. The number of ether oxygens (including phenoxy) is 1. The lowest BCUT2D eigenvalue weighted by molar-refractivity contribution is 0.102. The van der Waals surface area contributed by atoms with Crippen molar-refractivity contribution in [3.05, 3.63) is 89.6 Å². The molecule has 0 saturated carbocycles. The average Bonchev–Trinajstić information content (AvgIpc) is 2.62. The van der Waals surface area contributed by atoms with E-state index in [1.54, 1.807) is 24.3 Å². The van der Waals surface area contributed by atoms with Crippen molar-refractivity contribution in [2.75, 3.05) is 5.32 Å². The normalized spacial score (nSPS) is 10.3. The number of hydrogen-bond acceptors (Lipinski definition) is 3. The summed E-state index contributed by atoms with van der Waals surface area (Å²) in [5.41, 5.74) is 1.50. The van der Waals surface area contributed by atoms with E-state index in [9.17, 15) is 13.6 Å². The van der Waals surface area contributed by atoms with Gasteiger partial charge in [0.25, 0.3) is 5.91 Å². The van der Waals surface area contributed by atoms with Crippen LogP contribution in [0.5, 0.6) is 5.88 Å². The van der Waals surface area contributed by atoms with Crippen LogP contribution >= 0.6 is 0 Å². The van der Waals surface area contributed by atoms with E-state index in [1.807, 2.05) is 0 Å². The van der Waals surface area contributed by atoms with Crippen molar-refractivity contribution in [3.8, 4) is 5.88 Å². The molecule has 0 aliphatic carbocycles. The molecule has 4 nitrogen and oxygen atoms in total. The van der Waals surface area contributed by atoms with Crippen molar-refractivity contribution in [1.82, 2.24) is 4.98 Å². The summed E-state index contributed by atoms with van der Waals surface area (Å²) in [4.78, 5) is 16.2. The topological polar surface area (TPSA) is 51.2 Å². The fourth-order valence-corrected chi connectivity index (χ4v) is 2.12. The summed E-state index contributed by atoms with van der Waals surface area (Å²) in [6.45, 7) is 0.173. The first-order valence-corrected chi connectivity index (χ1v) is 7.50. The summed E-state index contributed by atoms with van der Waals surface area (Å²) < 4.78 is 31.4. The number of carbonyl (C=O) groups is 1. The lowest BCUT2D eigenvalue weighted by atomic mass is 10.2. The molecule has 0 bridgehead atoms. The predicted octanol–water partition coefficient (Wildman–Crippen LogP) is 4.19. The average molecular weight is 340 g/mol. The molecule has 25 heavy (non-hydrogen) atoms.